The van der Waals surface area contributed by atoms with Crippen LogP contribution in [-0.4, -0.2) is 27.4 Å². The van der Waals surface area contributed by atoms with Crippen molar-refractivity contribution in [3.8, 4) is 0 Å². The molecule has 8 heteroatoms. The second kappa shape index (κ2) is 8.83. The Balaban J connectivity index is 1.32. The topological polar surface area (TPSA) is 117 Å². The number of aryl methyl sites for hydroxylation is 2. The van der Waals surface area contributed by atoms with E-state index < -0.39 is 0 Å². The Morgan fingerprint density at radius 3 is 2.42 bits per heavy atom. The van der Waals surface area contributed by atoms with Crippen LogP contribution in [0.5, 0.6) is 0 Å². The maximum absolute atomic E-state index is 12.9. The van der Waals surface area contributed by atoms with Gasteiger partial charge in [0, 0.05) is 18.3 Å². The summed E-state index contributed by atoms with van der Waals surface area (Å²) in [6, 6.07) is 13.6. The Morgan fingerprint density at radius 1 is 1.00 bits per heavy atom. The van der Waals surface area contributed by atoms with Crippen LogP contribution in [0, 0.1) is 5.82 Å². The predicted octanol–water partition coefficient (Wildman–Crippen LogP) is 2.73. The van der Waals surface area contributed by atoms with Crippen molar-refractivity contribution in [1.29, 1.82) is 0 Å². The number of nitrogens with zero attached hydrogens (tertiary/aromatic N) is 1. The smallest absolute Gasteiger partial charge is 0.262 e. The molecule has 0 aliphatic carbocycles. The van der Waals surface area contributed by atoms with Gasteiger partial charge in [0.25, 0.3) is 11.5 Å². The van der Waals surface area contributed by atoms with Crippen LogP contribution in [0.2, 0.25) is 0 Å². The molecule has 0 atom stereocenters. The van der Waals surface area contributed by atoms with E-state index in [0.717, 1.165) is 16.7 Å². The van der Waals surface area contributed by atoms with Crippen LogP contribution < -0.4 is 16.6 Å². The molecule has 0 aliphatic heterocycles. The molecule has 0 bridgehead atoms. The normalized spacial score (nSPS) is 11.0. The summed E-state index contributed by atoms with van der Waals surface area (Å²) in [5.74, 6) is -0.344. The minimum atomic E-state index is -0.272. The van der Waals surface area contributed by atoms with Gasteiger partial charge in [0.15, 0.2) is 0 Å². The third-order valence-corrected chi connectivity index (χ3v) is 5.15. The zero-order chi connectivity index (χ0) is 21.8. The summed E-state index contributed by atoms with van der Waals surface area (Å²) >= 11 is 0. The van der Waals surface area contributed by atoms with E-state index in [0.29, 0.717) is 42.4 Å². The van der Waals surface area contributed by atoms with Crippen molar-refractivity contribution >= 4 is 22.9 Å². The van der Waals surface area contributed by atoms with Crippen molar-refractivity contribution in [1.82, 2.24) is 20.3 Å². The SMILES string of the molecule is Nc1nc2[nH]cc(CCc3ccc(C(=O)NCCc4ccc(F)cc4)cc3)c2c(=O)[nH]1. The van der Waals surface area contributed by atoms with Crippen LogP contribution in [0.4, 0.5) is 10.3 Å². The fourth-order valence-corrected chi connectivity index (χ4v) is 3.49. The molecule has 7 nitrogen and oxygen atoms in total. The van der Waals surface area contributed by atoms with Gasteiger partial charge in [-0.3, -0.25) is 14.6 Å². The minimum Gasteiger partial charge on any atom is -0.369 e. The standard InChI is InChI=1S/C23H22FN5O2/c24-18-9-4-15(5-10-18)11-12-26-21(30)16-6-1-14(2-7-16)3-8-17-13-27-20-19(17)22(31)29-23(25)28-20/h1-2,4-7,9-10,13H,3,8,11-12H2,(H,26,30)(H4,25,27,28,29,31). The maximum Gasteiger partial charge on any atom is 0.262 e. The molecule has 0 aliphatic rings. The van der Waals surface area contributed by atoms with Gasteiger partial charge in [0.05, 0.1) is 5.39 Å². The van der Waals surface area contributed by atoms with E-state index in [4.69, 9.17) is 5.73 Å². The Morgan fingerprint density at radius 2 is 1.68 bits per heavy atom. The first kappa shape index (κ1) is 20.3. The lowest BCUT2D eigenvalue weighted by Crippen LogP contribution is -2.25. The molecule has 5 N–H and O–H groups in total. The number of carbonyl (C=O) groups excluding carboxylic acids is 1. The number of aromatic amines is 2. The van der Waals surface area contributed by atoms with Crippen molar-refractivity contribution < 1.29 is 9.18 Å². The van der Waals surface area contributed by atoms with E-state index in [1.165, 1.54) is 12.1 Å². The minimum absolute atomic E-state index is 0.0810. The number of carbonyl (C=O) groups is 1. The molecule has 0 unspecified atom stereocenters. The van der Waals surface area contributed by atoms with Crippen LogP contribution >= 0.6 is 0 Å². The van der Waals surface area contributed by atoms with Crippen molar-refractivity contribution in [3.05, 3.63) is 93.2 Å². The molecular weight excluding hydrogens is 397 g/mol. The number of hydrogen-bond donors (Lipinski definition) is 4. The predicted molar refractivity (Wildman–Crippen MR) is 117 cm³/mol. The molecule has 0 radical (unpaired) electrons. The first-order valence-electron chi connectivity index (χ1n) is 9.97. The van der Waals surface area contributed by atoms with Gasteiger partial charge in [-0.25, -0.2) is 4.39 Å². The molecule has 1 amide bonds. The van der Waals surface area contributed by atoms with Gasteiger partial charge >= 0.3 is 0 Å². The summed E-state index contributed by atoms with van der Waals surface area (Å²) in [7, 11) is 0. The average molecular weight is 419 g/mol. The Hall–Kier alpha value is -3.94. The van der Waals surface area contributed by atoms with Gasteiger partial charge < -0.3 is 16.0 Å². The molecular formula is C23H22FN5O2. The highest BCUT2D eigenvalue weighted by Gasteiger charge is 2.11. The summed E-state index contributed by atoms with van der Waals surface area (Å²) in [6.07, 6.45) is 3.77. The largest absolute Gasteiger partial charge is 0.369 e. The molecule has 4 rings (SSSR count). The molecule has 2 heterocycles. The summed E-state index contributed by atoms with van der Waals surface area (Å²) in [6.45, 7) is 0.472. The zero-order valence-electron chi connectivity index (χ0n) is 16.7. The molecule has 0 saturated carbocycles. The van der Waals surface area contributed by atoms with Crippen LogP contribution in [0.3, 0.4) is 0 Å². The van der Waals surface area contributed by atoms with Crippen LogP contribution in [0.25, 0.3) is 11.0 Å². The molecule has 0 fully saturated rings. The molecule has 2 aromatic carbocycles. The Bertz CT molecular complexity index is 1260. The van der Waals surface area contributed by atoms with E-state index in [1.54, 1.807) is 30.5 Å². The fraction of sp³-hybridized carbons (Fsp3) is 0.174. The second-order valence-electron chi connectivity index (χ2n) is 7.32. The fourth-order valence-electron chi connectivity index (χ4n) is 3.49. The number of amides is 1. The number of hydrogen-bond acceptors (Lipinski definition) is 4. The van der Waals surface area contributed by atoms with Crippen molar-refractivity contribution in [3.63, 3.8) is 0 Å². The Kier molecular flexibility index (Phi) is 5.79. The number of nitrogen functional groups attached to an aromatic ring is 1. The first-order chi connectivity index (χ1) is 15.0. The quantitative estimate of drug-likeness (QED) is 0.368. The lowest BCUT2D eigenvalue weighted by atomic mass is 10.0. The highest BCUT2D eigenvalue weighted by molar-refractivity contribution is 5.94. The van der Waals surface area contributed by atoms with E-state index in [2.05, 4.69) is 20.3 Å². The third kappa shape index (κ3) is 4.80. The van der Waals surface area contributed by atoms with Gasteiger partial charge in [-0.15, -0.1) is 0 Å². The number of nitrogens with one attached hydrogen (secondary N) is 3. The third-order valence-electron chi connectivity index (χ3n) is 5.15. The van der Waals surface area contributed by atoms with Gasteiger partial charge in [-0.05, 0) is 60.2 Å². The summed E-state index contributed by atoms with van der Waals surface area (Å²) in [4.78, 5) is 34.1. The number of benzene rings is 2. The molecule has 0 saturated heterocycles. The molecule has 2 aromatic heterocycles. The zero-order valence-corrected chi connectivity index (χ0v) is 16.7. The first-order valence-corrected chi connectivity index (χ1v) is 9.97. The number of aromatic nitrogens is 3. The Labute approximate surface area is 177 Å². The van der Waals surface area contributed by atoms with Crippen LogP contribution in [0.15, 0.2) is 59.5 Å². The number of H-pyrrole nitrogens is 2. The van der Waals surface area contributed by atoms with Crippen LogP contribution in [-0.2, 0) is 19.3 Å². The van der Waals surface area contributed by atoms with E-state index >= 15 is 0 Å². The second-order valence-corrected chi connectivity index (χ2v) is 7.32. The number of anilines is 1. The van der Waals surface area contributed by atoms with E-state index in [1.807, 2.05) is 12.1 Å². The van der Waals surface area contributed by atoms with Crippen molar-refractivity contribution in [2.24, 2.45) is 0 Å². The average Bonchev–Trinajstić information content (AvgIpc) is 3.17. The van der Waals surface area contributed by atoms with Gasteiger partial charge in [-0.1, -0.05) is 24.3 Å². The summed E-state index contributed by atoms with van der Waals surface area (Å²) in [5, 5.41) is 3.39. The summed E-state index contributed by atoms with van der Waals surface area (Å²) < 4.78 is 12.9. The highest BCUT2D eigenvalue weighted by Crippen LogP contribution is 2.16. The molecule has 31 heavy (non-hydrogen) atoms. The molecule has 0 spiro atoms. The maximum atomic E-state index is 12.9. The molecule has 4 aromatic rings. The van der Waals surface area contributed by atoms with E-state index in [9.17, 15) is 14.0 Å². The lowest BCUT2D eigenvalue weighted by molar-refractivity contribution is 0.0954. The van der Waals surface area contributed by atoms with Gasteiger partial charge in [0.1, 0.15) is 11.5 Å². The monoisotopic (exact) mass is 419 g/mol. The number of halogens is 1. The number of fused-ring (bicyclic) bond motifs is 1. The van der Waals surface area contributed by atoms with E-state index in [-0.39, 0.29) is 23.2 Å². The lowest BCUT2D eigenvalue weighted by Gasteiger charge is -2.07. The number of nitrogens with two attached hydrogens (primary N) is 1. The van der Waals surface area contributed by atoms with Crippen LogP contribution in [0.1, 0.15) is 27.0 Å². The number of rotatable bonds is 7. The summed E-state index contributed by atoms with van der Waals surface area (Å²) in [5.41, 5.74) is 9.25. The van der Waals surface area contributed by atoms with Gasteiger partial charge in [-0.2, -0.15) is 4.98 Å². The van der Waals surface area contributed by atoms with Gasteiger partial charge in [0.2, 0.25) is 5.95 Å². The van der Waals surface area contributed by atoms with Crippen molar-refractivity contribution in [2.75, 3.05) is 12.3 Å². The van der Waals surface area contributed by atoms with Crippen molar-refractivity contribution in [2.45, 2.75) is 19.3 Å². The molecule has 158 valence electrons. The highest BCUT2D eigenvalue weighted by atomic mass is 19.1.